The molecule has 1 aromatic heterocycles. The van der Waals surface area contributed by atoms with Gasteiger partial charge in [0, 0.05) is 25.8 Å². The molecule has 4 heterocycles. The summed E-state index contributed by atoms with van der Waals surface area (Å²) in [5.74, 6) is 1.88. The Balaban J connectivity index is 1.35. The summed E-state index contributed by atoms with van der Waals surface area (Å²) in [6.45, 7) is 8.21. The number of nitrogens with one attached hydrogen (secondary N) is 2. The lowest BCUT2D eigenvalue weighted by Gasteiger charge is -2.32. The number of hydrogen-bond donors (Lipinski definition) is 2. The molecule has 148 valence electrons. The van der Waals surface area contributed by atoms with Crippen LogP contribution in [0.5, 0.6) is 0 Å². The third-order valence-electron chi connectivity index (χ3n) is 5.57. The number of morpholine rings is 1. The van der Waals surface area contributed by atoms with Gasteiger partial charge in [0.15, 0.2) is 5.96 Å². The minimum absolute atomic E-state index is 0.258. The molecule has 3 aliphatic heterocycles. The molecule has 0 aromatic carbocycles. The predicted octanol–water partition coefficient (Wildman–Crippen LogP) is 1.68. The molecular formula is C20H31N5O2. The number of nitrogens with zero attached hydrogens (tertiary/aromatic N) is 3. The fraction of sp³-hybridized carbons (Fsp3) is 0.700. The van der Waals surface area contributed by atoms with E-state index < -0.39 is 0 Å². The van der Waals surface area contributed by atoms with Gasteiger partial charge in [0.2, 0.25) is 0 Å². The summed E-state index contributed by atoms with van der Waals surface area (Å²) >= 11 is 0. The summed E-state index contributed by atoms with van der Waals surface area (Å²) < 4.78 is 11.5. The van der Waals surface area contributed by atoms with E-state index in [2.05, 4.69) is 46.5 Å². The third kappa shape index (κ3) is 4.52. The van der Waals surface area contributed by atoms with E-state index in [4.69, 9.17) is 14.5 Å². The van der Waals surface area contributed by atoms with Crippen molar-refractivity contribution < 1.29 is 9.47 Å². The van der Waals surface area contributed by atoms with Gasteiger partial charge in [0.05, 0.1) is 37.5 Å². The van der Waals surface area contributed by atoms with Crippen LogP contribution in [-0.4, -0.2) is 61.5 Å². The van der Waals surface area contributed by atoms with Crippen LogP contribution in [0.25, 0.3) is 0 Å². The molecule has 0 spiro atoms. The van der Waals surface area contributed by atoms with E-state index in [-0.39, 0.29) is 6.10 Å². The summed E-state index contributed by atoms with van der Waals surface area (Å²) in [4.78, 5) is 11.7. The molecule has 4 atom stereocenters. The summed E-state index contributed by atoms with van der Waals surface area (Å²) in [6.07, 6.45) is 6.43. The van der Waals surface area contributed by atoms with Crippen molar-refractivity contribution in [3.8, 4) is 0 Å². The molecule has 4 rings (SSSR count). The fourth-order valence-corrected chi connectivity index (χ4v) is 4.18. The first kappa shape index (κ1) is 18.5. The molecule has 27 heavy (non-hydrogen) atoms. The van der Waals surface area contributed by atoms with E-state index in [9.17, 15) is 0 Å². The summed E-state index contributed by atoms with van der Waals surface area (Å²) in [6, 6.07) is 4.59. The first-order chi connectivity index (χ1) is 13.2. The lowest BCUT2D eigenvalue weighted by atomic mass is 9.96. The van der Waals surface area contributed by atoms with Gasteiger partial charge < -0.3 is 25.0 Å². The van der Waals surface area contributed by atoms with Crippen molar-refractivity contribution in [3.05, 3.63) is 23.9 Å². The van der Waals surface area contributed by atoms with Gasteiger partial charge in [0.25, 0.3) is 0 Å². The molecule has 0 radical (unpaired) electrons. The molecule has 3 aliphatic rings. The molecule has 4 unspecified atom stereocenters. The maximum Gasteiger partial charge on any atom is 0.191 e. The highest BCUT2D eigenvalue weighted by Gasteiger charge is 2.41. The number of aliphatic imine (C=N–C) groups is 1. The molecule has 1 aromatic rings. The quantitative estimate of drug-likeness (QED) is 0.605. The number of ether oxygens (including phenoxy) is 2. The smallest absolute Gasteiger partial charge is 0.191 e. The lowest BCUT2D eigenvalue weighted by Crippen LogP contribution is -2.47. The van der Waals surface area contributed by atoms with Crippen LogP contribution in [0, 0.1) is 0 Å². The van der Waals surface area contributed by atoms with Crippen molar-refractivity contribution in [1.29, 1.82) is 0 Å². The second-order valence-corrected chi connectivity index (χ2v) is 7.71. The molecule has 0 amide bonds. The fourth-order valence-electron chi connectivity index (χ4n) is 4.18. The number of rotatable bonds is 5. The third-order valence-corrected chi connectivity index (χ3v) is 5.57. The Labute approximate surface area is 161 Å². The first-order valence-electron chi connectivity index (χ1n) is 10.2. The van der Waals surface area contributed by atoms with Crippen LogP contribution in [0.3, 0.4) is 0 Å². The van der Waals surface area contributed by atoms with Crippen molar-refractivity contribution in [3.63, 3.8) is 0 Å². The van der Waals surface area contributed by atoms with Gasteiger partial charge in [-0.2, -0.15) is 0 Å². The lowest BCUT2D eigenvalue weighted by molar-refractivity contribution is 0.0529. The highest BCUT2D eigenvalue weighted by atomic mass is 16.5. The van der Waals surface area contributed by atoms with E-state index in [0.29, 0.717) is 24.8 Å². The molecular weight excluding hydrogens is 342 g/mol. The standard InChI is InChI=1S/C20H31N5O2/c1-3-21-20(24-17-10-16-5-6-18(17)27-16)23-12-15-4-7-19(22-11-15)25-8-9-26-14(2)13-25/h4,7,11,14,16-18H,3,5-6,8-10,12-13H2,1-2H3,(H2,21,23,24). The second kappa shape index (κ2) is 8.44. The van der Waals surface area contributed by atoms with Crippen molar-refractivity contribution in [1.82, 2.24) is 15.6 Å². The summed E-state index contributed by atoms with van der Waals surface area (Å²) in [5, 5.41) is 6.91. The Morgan fingerprint density at radius 2 is 2.30 bits per heavy atom. The molecule has 3 fully saturated rings. The van der Waals surface area contributed by atoms with Crippen molar-refractivity contribution in [2.75, 3.05) is 31.1 Å². The van der Waals surface area contributed by atoms with E-state index >= 15 is 0 Å². The van der Waals surface area contributed by atoms with Crippen LogP contribution in [-0.2, 0) is 16.0 Å². The second-order valence-electron chi connectivity index (χ2n) is 7.71. The SMILES string of the molecule is CCNC(=NCc1ccc(N2CCOC(C)C2)nc1)NC1CC2CCC1O2. The van der Waals surface area contributed by atoms with E-state index in [1.54, 1.807) is 0 Å². The Bertz CT molecular complexity index is 650. The minimum Gasteiger partial charge on any atom is -0.375 e. The Morgan fingerprint density at radius 3 is 2.96 bits per heavy atom. The Hall–Kier alpha value is -1.86. The minimum atomic E-state index is 0.258. The number of guanidine groups is 1. The largest absolute Gasteiger partial charge is 0.375 e. The van der Waals surface area contributed by atoms with E-state index in [0.717, 1.165) is 56.4 Å². The predicted molar refractivity (Wildman–Crippen MR) is 106 cm³/mol. The van der Waals surface area contributed by atoms with Crippen LogP contribution in [0.2, 0.25) is 0 Å². The highest BCUT2D eigenvalue weighted by Crippen LogP contribution is 2.34. The zero-order chi connectivity index (χ0) is 18.6. The average molecular weight is 374 g/mol. The molecule has 0 saturated carbocycles. The molecule has 0 aliphatic carbocycles. The molecule has 7 nitrogen and oxygen atoms in total. The number of aromatic nitrogens is 1. The van der Waals surface area contributed by atoms with Crippen LogP contribution >= 0.6 is 0 Å². The van der Waals surface area contributed by atoms with Crippen LogP contribution in [0.1, 0.15) is 38.7 Å². The maximum atomic E-state index is 5.94. The summed E-state index contributed by atoms with van der Waals surface area (Å²) in [5.41, 5.74) is 1.11. The molecule has 2 N–H and O–H groups in total. The zero-order valence-corrected chi connectivity index (χ0v) is 16.4. The molecule has 3 saturated heterocycles. The average Bonchev–Trinajstić information content (AvgIpc) is 3.30. The summed E-state index contributed by atoms with van der Waals surface area (Å²) in [7, 11) is 0. The van der Waals surface area contributed by atoms with Gasteiger partial charge in [0.1, 0.15) is 5.82 Å². The number of anilines is 1. The van der Waals surface area contributed by atoms with Crippen LogP contribution in [0.15, 0.2) is 23.3 Å². The topological polar surface area (TPSA) is 71.0 Å². The molecule has 2 bridgehead atoms. The maximum absolute atomic E-state index is 5.94. The zero-order valence-electron chi connectivity index (χ0n) is 16.4. The van der Waals surface area contributed by atoms with Crippen molar-refractivity contribution >= 4 is 11.8 Å². The normalized spacial score (nSPS) is 30.6. The van der Waals surface area contributed by atoms with Gasteiger partial charge in [-0.1, -0.05) is 6.07 Å². The molecule has 7 heteroatoms. The number of hydrogen-bond acceptors (Lipinski definition) is 5. The van der Waals surface area contributed by atoms with Crippen molar-refractivity contribution in [2.24, 2.45) is 4.99 Å². The van der Waals surface area contributed by atoms with Gasteiger partial charge in [-0.3, -0.25) is 0 Å². The Morgan fingerprint density at radius 1 is 1.37 bits per heavy atom. The van der Waals surface area contributed by atoms with Gasteiger partial charge in [-0.05, 0) is 44.7 Å². The van der Waals surface area contributed by atoms with E-state index in [1.807, 2.05) is 6.20 Å². The van der Waals surface area contributed by atoms with Crippen molar-refractivity contribution in [2.45, 2.75) is 64.0 Å². The van der Waals surface area contributed by atoms with Crippen LogP contribution in [0.4, 0.5) is 5.82 Å². The first-order valence-corrected chi connectivity index (χ1v) is 10.2. The highest BCUT2D eigenvalue weighted by molar-refractivity contribution is 5.80. The van der Waals surface area contributed by atoms with Gasteiger partial charge in [-0.25, -0.2) is 9.98 Å². The van der Waals surface area contributed by atoms with Gasteiger partial charge >= 0.3 is 0 Å². The number of fused-ring (bicyclic) bond motifs is 2. The Kier molecular flexibility index (Phi) is 5.78. The van der Waals surface area contributed by atoms with Gasteiger partial charge in [-0.15, -0.1) is 0 Å². The monoisotopic (exact) mass is 373 g/mol. The van der Waals surface area contributed by atoms with Crippen LogP contribution < -0.4 is 15.5 Å². The number of pyridine rings is 1. The van der Waals surface area contributed by atoms with E-state index in [1.165, 1.54) is 6.42 Å².